The second-order valence-electron chi connectivity index (χ2n) is 6.04. The molecule has 1 aromatic heterocycles. The first-order chi connectivity index (χ1) is 11.1. The molecule has 23 heavy (non-hydrogen) atoms. The molecular weight excluding hydrogens is 290 g/mol. The molecule has 0 aromatic carbocycles. The van der Waals surface area contributed by atoms with Crippen molar-refractivity contribution in [3.05, 3.63) is 24.0 Å². The van der Waals surface area contributed by atoms with Crippen LogP contribution in [0.1, 0.15) is 31.9 Å². The van der Waals surface area contributed by atoms with Crippen molar-refractivity contribution in [1.29, 1.82) is 0 Å². The maximum Gasteiger partial charge on any atom is 0.224 e. The van der Waals surface area contributed by atoms with E-state index in [4.69, 9.17) is 0 Å². The summed E-state index contributed by atoms with van der Waals surface area (Å²) in [7, 11) is 4.07. The molecule has 128 valence electrons. The quantitative estimate of drug-likeness (QED) is 0.637. The molecule has 0 spiro atoms. The van der Waals surface area contributed by atoms with E-state index in [0.29, 0.717) is 13.0 Å². The minimum atomic E-state index is 0.229. The number of amides is 1. The van der Waals surface area contributed by atoms with E-state index < -0.39 is 0 Å². The Morgan fingerprint density at radius 1 is 1.39 bits per heavy atom. The highest BCUT2D eigenvalue weighted by Crippen LogP contribution is 2.09. The molecule has 6 heteroatoms. The molecule has 0 saturated carbocycles. The number of hydrogen-bond donors (Lipinski definition) is 1. The van der Waals surface area contributed by atoms with Crippen molar-refractivity contribution in [2.75, 3.05) is 33.2 Å². The van der Waals surface area contributed by atoms with Gasteiger partial charge in [0.25, 0.3) is 0 Å². The molecule has 1 aliphatic rings. The van der Waals surface area contributed by atoms with E-state index in [1.807, 2.05) is 31.3 Å². The highest BCUT2D eigenvalue weighted by Gasteiger charge is 2.17. The average Bonchev–Trinajstić information content (AvgIpc) is 3.19. The number of aromatic nitrogens is 1. The van der Waals surface area contributed by atoms with E-state index in [1.165, 1.54) is 5.69 Å². The maximum atomic E-state index is 12.1. The Hall–Kier alpha value is -1.98. The second-order valence-corrected chi connectivity index (χ2v) is 6.04. The lowest BCUT2D eigenvalue weighted by molar-refractivity contribution is -0.129. The van der Waals surface area contributed by atoms with Crippen LogP contribution in [0.25, 0.3) is 0 Å². The van der Waals surface area contributed by atoms with Crippen molar-refractivity contribution in [3.63, 3.8) is 0 Å². The number of carbonyl (C=O) groups is 1. The van der Waals surface area contributed by atoms with Gasteiger partial charge in [-0.05, 0) is 31.9 Å². The first kappa shape index (κ1) is 17.4. The van der Waals surface area contributed by atoms with Crippen LogP contribution in [0.3, 0.4) is 0 Å². The molecule has 0 aliphatic carbocycles. The van der Waals surface area contributed by atoms with Gasteiger partial charge in [-0.25, -0.2) is 0 Å². The highest BCUT2D eigenvalue weighted by atomic mass is 16.2. The van der Waals surface area contributed by atoms with E-state index in [9.17, 15) is 4.79 Å². The summed E-state index contributed by atoms with van der Waals surface area (Å²) in [4.78, 5) is 20.7. The molecule has 1 saturated heterocycles. The van der Waals surface area contributed by atoms with Gasteiger partial charge in [-0.1, -0.05) is 0 Å². The molecule has 0 unspecified atom stereocenters. The van der Waals surface area contributed by atoms with Crippen molar-refractivity contribution in [1.82, 2.24) is 19.7 Å². The highest BCUT2D eigenvalue weighted by molar-refractivity contribution is 5.80. The van der Waals surface area contributed by atoms with Crippen LogP contribution in [-0.2, 0) is 18.4 Å². The number of aliphatic imine (C=N–C) groups is 1. The zero-order chi connectivity index (χ0) is 16.7. The molecule has 0 radical (unpaired) electrons. The van der Waals surface area contributed by atoms with Gasteiger partial charge in [0.15, 0.2) is 5.96 Å². The largest absolute Gasteiger partial charge is 0.357 e. The van der Waals surface area contributed by atoms with Gasteiger partial charge in [0.1, 0.15) is 0 Å². The summed E-state index contributed by atoms with van der Waals surface area (Å²) in [6, 6.07) is 4.15. The molecule has 2 heterocycles. The van der Waals surface area contributed by atoms with Gasteiger partial charge in [-0.3, -0.25) is 9.79 Å². The van der Waals surface area contributed by atoms with E-state index in [0.717, 1.165) is 45.0 Å². The number of nitrogens with zero attached hydrogens (tertiary/aromatic N) is 4. The third-order valence-corrected chi connectivity index (χ3v) is 4.19. The topological polar surface area (TPSA) is 52.9 Å². The van der Waals surface area contributed by atoms with Crippen LogP contribution in [0.2, 0.25) is 0 Å². The Morgan fingerprint density at radius 3 is 2.74 bits per heavy atom. The maximum absolute atomic E-state index is 12.1. The van der Waals surface area contributed by atoms with Gasteiger partial charge in [0.05, 0.1) is 13.1 Å². The summed E-state index contributed by atoms with van der Waals surface area (Å²) in [6.45, 7) is 6.02. The van der Waals surface area contributed by atoms with Gasteiger partial charge in [-0.15, -0.1) is 0 Å². The first-order valence-electron chi connectivity index (χ1n) is 8.49. The van der Waals surface area contributed by atoms with Gasteiger partial charge < -0.3 is 19.7 Å². The Balaban J connectivity index is 1.88. The summed E-state index contributed by atoms with van der Waals surface area (Å²) in [5.74, 6) is 1.08. The van der Waals surface area contributed by atoms with Crippen LogP contribution in [-0.4, -0.2) is 59.5 Å². The van der Waals surface area contributed by atoms with Crippen LogP contribution in [0.4, 0.5) is 0 Å². The number of likely N-dealkylation sites (tertiary alicyclic amines) is 1. The number of carbonyl (C=O) groups excluding carboxylic acids is 1. The Bertz CT molecular complexity index is 531. The van der Waals surface area contributed by atoms with Crippen molar-refractivity contribution in [3.8, 4) is 0 Å². The van der Waals surface area contributed by atoms with Crippen LogP contribution in [0.5, 0.6) is 0 Å². The van der Waals surface area contributed by atoms with Crippen molar-refractivity contribution in [2.24, 2.45) is 12.0 Å². The fourth-order valence-corrected chi connectivity index (χ4v) is 2.83. The lowest BCUT2D eigenvalue weighted by Gasteiger charge is -2.22. The number of aryl methyl sites for hydroxylation is 1. The van der Waals surface area contributed by atoms with E-state index in [-0.39, 0.29) is 5.91 Å². The molecule has 0 atom stereocenters. The number of hydrogen-bond acceptors (Lipinski definition) is 2. The normalized spacial score (nSPS) is 15.1. The fourth-order valence-electron chi connectivity index (χ4n) is 2.83. The first-order valence-corrected chi connectivity index (χ1v) is 8.49. The SMILES string of the molecule is CCNC(=NCCC(=O)N1CCCC1)N(C)Cc1cccn1C. The minimum Gasteiger partial charge on any atom is -0.357 e. The third kappa shape index (κ3) is 5.01. The van der Waals surface area contributed by atoms with Crippen molar-refractivity contribution < 1.29 is 4.79 Å². The zero-order valence-corrected chi connectivity index (χ0v) is 14.6. The molecule has 0 bridgehead atoms. The van der Waals surface area contributed by atoms with Gasteiger partial charge in [0.2, 0.25) is 5.91 Å². The van der Waals surface area contributed by atoms with Gasteiger partial charge in [0, 0.05) is 52.0 Å². The zero-order valence-electron chi connectivity index (χ0n) is 14.6. The minimum absolute atomic E-state index is 0.229. The summed E-state index contributed by atoms with van der Waals surface area (Å²) in [6.07, 6.45) is 4.81. The fraction of sp³-hybridized carbons (Fsp3) is 0.647. The van der Waals surface area contributed by atoms with Crippen LogP contribution < -0.4 is 5.32 Å². The molecule has 1 N–H and O–H groups in total. The predicted molar refractivity (Wildman–Crippen MR) is 93.3 cm³/mol. The summed E-state index contributed by atoms with van der Waals surface area (Å²) in [5, 5.41) is 3.30. The van der Waals surface area contributed by atoms with Crippen molar-refractivity contribution in [2.45, 2.75) is 32.7 Å². The van der Waals surface area contributed by atoms with Gasteiger partial charge >= 0.3 is 0 Å². The average molecular weight is 319 g/mol. The van der Waals surface area contributed by atoms with E-state index >= 15 is 0 Å². The monoisotopic (exact) mass is 319 g/mol. The number of rotatable bonds is 6. The number of nitrogens with one attached hydrogen (secondary N) is 1. The Morgan fingerprint density at radius 2 is 2.13 bits per heavy atom. The lowest BCUT2D eigenvalue weighted by Crippen LogP contribution is -2.39. The molecule has 1 aromatic rings. The van der Waals surface area contributed by atoms with E-state index in [1.54, 1.807) is 0 Å². The standard InChI is InChI=1S/C17H29N5O/c1-4-18-17(21(3)14-15-8-7-11-20(15)2)19-10-9-16(23)22-12-5-6-13-22/h7-8,11H,4-6,9-10,12-14H2,1-3H3,(H,18,19). The molecule has 6 nitrogen and oxygen atoms in total. The molecule has 1 fully saturated rings. The Labute approximate surface area is 139 Å². The third-order valence-electron chi connectivity index (χ3n) is 4.19. The van der Waals surface area contributed by atoms with E-state index in [2.05, 4.69) is 32.8 Å². The van der Waals surface area contributed by atoms with Crippen LogP contribution in [0.15, 0.2) is 23.3 Å². The Kier molecular flexibility index (Phi) is 6.50. The van der Waals surface area contributed by atoms with Crippen LogP contribution in [0, 0.1) is 0 Å². The summed E-state index contributed by atoms with van der Waals surface area (Å²) < 4.78 is 2.11. The molecule has 1 aliphatic heterocycles. The summed E-state index contributed by atoms with van der Waals surface area (Å²) >= 11 is 0. The molecule has 1 amide bonds. The summed E-state index contributed by atoms with van der Waals surface area (Å²) in [5.41, 5.74) is 1.23. The lowest BCUT2D eigenvalue weighted by atomic mass is 10.3. The van der Waals surface area contributed by atoms with Crippen LogP contribution >= 0.6 is 0 Å². The smallest absolute Gasteiger partial charge is 0.224 e. The predicted octanol–water partition coefficient (Wildman–Crippen LogP) is 1.43. The van der Waals surface area contributed by atoms with Gasteiger partial charge in [-0.2, -0.15) is 0 Å². The number of guanidine groups is 1. The van der Waals surface area contributed by atoms with Crippen molar-refractivity contribution >= 4 is 11.9 Å². The second kappa shape index (κ2) is 8.60. The molecule has 2 rings (SSSR count). The molecular formula is C17H29N5O.